The summed E-state index contributed by atoms with van der Waals surface area (Å²) >= 11 is 5.00. The number of aryl methyl sites for hydroxylation is 1. The summed E-state index contributed by atoms with van der Waals surface area (Å²) in [7, 11) is 1.67. The van der Waals surface area contributed by atoms with E-state index in [1.807, 2.05) is 19.1 Å². The van der Waals surface area contributed by atoms with Gasteiger partial charge in [-0.3, -0.25) is 4.79 Å². The van der Waals surface area contributed by atoms with Gasteiger partial charge in [0.15, 0.2) is 5.76 Å². The van der Waals surface area contributed by atoms with E-state index in [0.717, 1.165) is 5.56 Å². The van der Waals surface area contributed by atoms with Crippen LogP contribution in [0.2, 0.25) is 0 Å². The third-order valence-corrected chi connectivity index (χ3v) is 3.11. The number of para-hydroxylation sites is 1. The Hall–Kier alpha value is -2.14. The van der Waals surface area contributed by atoms with Gasteiger partial charge in [0, 0.05) is 18.2 Å². The number of rotatable bonds is 3. The highest BCUT2D eigenvalue weighted by atomic mass is 32.1. The Labute approximate surface area is 116 Å². The highest BCUT2D eigenvalue weighted by molar-refractivity contribution is 7.80. The minimum atomic E-state index is -0.230. The molecule has 5 heteroatoms. The molecule has 4 nitrogen and oxygen atoms in total. The number of thiocarbonyl (C=S) groups is 1. The molecule has 1 heterocycles. The fourth-order valence-electron chi connectivity index (χ4n) is 1.83. The van der Waals surface area contributed by atoms with Gasteiger partial charge in [-0.15, -0.1) is 0 Å². The van der Waals surface area contributed by atoms with Crippen molar-refractivity contribution < 1.29 is 9.21 Å². The van der Waals surface area contributed by atoms with Crippen molar-refractivity contribution in [2.45, 2.75) is 6.92 Å². The number of benzene rings is 1. The molecule has 0 aliphatic rings. The average molecular weight is 274 g/mol. The molecule has 0 atom stereocenters. The van der Waals surface area contributed by atoms with Gasteiger partial charge in [0.2, 0.25) is 0 Å². The number of anilines is 1. The normalized spacial score (nSPS) is 10.2. The van der Waals surface area contributed by atoms with Gasteiger partial charge >= 0.3 is 0 Å². The number of carbonyl (C=O) groups is 1. The molecule has 0 saturated heterocycles. The second kappa shape index (κ2) is 5.24. The molecule has 2 N–H and O–H groups in total. The van der Waals surface area contributed by atoms with Gasteiger partial charge in [-0.1, -0.05) is 24.4 Å². The lowest BCUT2D eigenvalue weighted by Gasteiger charge is -2.19. The first kappa shape index (κ1) is 13.3. The molecule has 0 fully saturated rings. The van der Waals surface area contributed by atoms with Crippen molar-refractivity contribution in [1.29, 1.82) is 0 Å². The number of furan rings is 1. The van der Waals surface area contributed by atoms with Crippen LogP contribution in [0.4, 0.5) is 5.69 Å². The summed E-state index contributed by atoms with van der Waals surface area (Å²) in [5.74, 6) is 0.0893. The Morgan fingerprint density at radius 3 is 2.58 bits per heavy atom. The van der Waals surface area contributed by atoms with E-state index in [1.165, 1.54) is 11.2 Å². The van der Waals surface area contributed by atoms with Crippen LogP contribution in [0.25, 0.3) is 0 Å². The minimum absolute atomic E-state index is 0.230. The zero-order chi connectivity index (χ0) is 14.0. The predicted molar refractivity (Wildman–Crippen MR) is 78.5 cm³/mol. The molecule has 98 valence electrons. The lowest BCUT2D eigenvalue weighted by Crippen LogP contribution is -2.28. The summed E-state index contributed by atoms with van der Waals surface area (Å²) in [4.78, 5) is 14.1. The highest BCUT2D eigenvalue weighted by Gasteiger charge is 2.21. The first-order valence-electron chi connectivity index (χ1n) is 5.73. The van der Waals surface area contributed by atoms with E-state index in [0.29, 0.717) is 17.0 Å². The van der Waals surface area contributed by atoms with E-state index in [4.69, 9.17) is 22.4 Å². The van der Waals surface area contributed by atoms with Gasteiger partial charge in [-0.25, -0.2) is 0 Å². The van der Waals surface area contributed by atoms with Crippen LogP contribution in [-0.4, -0.2) is 17.9 Å². The summed E-state index contributed by atoms with van der Waals surface area (Å²) in [6.07, 6.45) is 1.50. The van der Waals surface area contributed by atoms with Gasteiger partial charge in [0.25, 0.3) is 5.91 Å². The van der Waals surface area contributed by atoms with E-state index in [1.54, 1.807) is 25.2 Å². The van der Waals surface area contributed by atoms with Crippen LogP contribution in [0.3, 0.4) is 0 Å². The Kier molecular flexibility index (Phi) is 3.66. The van der Waals surface area contributed by atoms with Crippen molar-refractivity contribution >= 4 is 28.8 Å². The molecule has 0 unspecified atom stereocenters. The van der Waals surface area contributed by atoms with Crippen molar-refractivity contribution in [3.05, 3.63) is 53.5 Å². The maximum absolute atomic E-state index is 12.3. The Balaban J connectivity index is 2.40. The molecule has 0 aliphatic carbocycles. The van der Waals surface area contributed by atoms with E-state index in [-0.39, 0.29) is 10.9 Å². The maximum atomic E-state index is 12.3. The number of carbonyl (C=O) groups excluding carboxylic acids is 1. The first-order valence-corrected chi connectivity index (χ1v) is 6.14. The topological polar surface area (TPSA) is 59.5 Å². The summed E-state index contributed by atoms with van der Waals surface area (Å²) in [6, 6.07) is 8.99. The molecule has 0 saturated carbocycles. The summed E-state index contributed by atoms with van der Waals surface area (Å²) in [6.45, 7) is 1.82. The monoisotopic (exact) mass is 274 g/mol. The zero-order valence-electron chi connectivity index (χ0n) is 10.7. The molecule has 0 bridgehead atoms. The highest BCUT2D eigenvalue weighted by Crippen LogP contribution is 2.22. The molecule has 1 amide bonds. The Morgan fingerprint density at radius 2 is 2.00 bits per heavy atom. The Bertz CT molecular complexity index is 634. The molecule has 1 aromatic heterocycles. The van der Waals surface area contributed by atoms with Crippen LogP contribution < -0.4 is 10.6 Å². The molecule has 1 aromatic carbocycles. The average Bonchev–Trinajstić information content (AvgIpc) is 2.83. The van der Waals surface area contributed by atoms with Gasteiger partial charge in [0.05, 0.1) is 12.0 Å². The molecule has 2 rings (SSSR count). The zero-order valence-corrected chi connectivity index (χ0v) is 11.5. The molecule has 0 aliphatic heterocycles. The van der Waals surface area contributed by atoms with Crippen LogP contribution in [0.15, 0.2) is 41.0 Å². The molecule has 2 aromatic rings. The SMILES string of the molecule is Cc1ccoc1C(=O)N(C)c1ccccc1C(N)=S. The van der Waals surface area contributed by atoms with E-state index in [2.05, 4.69) is 0 Å². The molecule has 0 radical (unpaired) electrons. The predicted octanol–water partition coefficient (Wildman–Crippen LogP) is 2.50. The molecular weight excluding hydrogens is 260 g/mol. The number of nitrogens with two attached hydrogens (primary N) is 1. The van der Waals surface area contributed by atoms with E-state index >= 15 is 0 Å². The fourth-order valence-corrected chi connectivity index (χ4v) is 2.00. The second-order valence-electron chi connectivity index (χ2n) is 4.18. The first-order chi connectivity index (χ1) is 9.02. The van der Waals surface area contributed by atoms with Crippen molar-refractivity contribution in [2.75, 3.05) is 11.9 Å². The summed E-state index contributed by atoms with van der Waals surface area (Å²) in [5.41, 5.74) is 7.79. The van der Waals surface area contributed by atoms with Gasteiger partial charge in [0.1, 0.15) is 4.99 Å². The van der Waals surface area contributed by atoms with Gasteiger partial charge in [-0.2, -0.15) is 0 Å². The van der Waals surface area contributed by atoms with E-state index < -0.39 is 0 Å². The van der Waals surface area contributed by atoms with Crippen molar-refractivity contribution in [3.8, 4) is 0 Å². The molecule has 0 spiro atoms. The van der Waals surface area contributed by atoms with Crippen LogP contribution in [0, 0.1) is 6.92 Å². The van der Waals surface area contributed by atoms with Gasteiger partial charge in [-0.05, 0) is 25.1 Å². The van der Waals surface area contributed by atoms with Crippen LogP contribution >= 0.6 is 12.2 Å². The fraction of sp³-hybridized carbons (Fsp3) is 0.143. The van der Waals surface area contributed by atoms with Crippen molar-refractivity contribution in [2.24, 2.45) is 5.73 Å². The number of amides is 1. The molecule has 19 heavy (non-hydrogen) atoms. The molecular formula is C14H14N2O2S. The van der Waals surface area contributed by atoms with E-state index in [9.17, 15) is 4.79 Å². The lowest BCUT2D eigenvalue weighted by atomic mass is 10.1. The van der Waals surface area contributed by atoms with Crippen molar-refractivity contribution in [3.63, 3.8) is 0 Å². The van der Waals surface area contributed by atoms with Gasteiger partial charge < -0.3 is 15.1 Å². The smallest absolute Gasteiger partial charge is 0.293 e. The quantitative estimate of drug-likeness (QED) is 0.874. The standard InChI is InChI=1S/C14H14N2O2S/c1-9-7-8-18-12(9)14(17)16(2)11-6-4-3-5-10(11)13(15)19/h3-8H,1-2H3,(H2,15,19). The third-order valence-electron chi connectivity index (χ3n) is 2.89. The largest absolute Gasteiger partial charge is 0.459 e. The second-order valence-corrected chi connectivity index (χ2v) is 4.62. The summed E-state index contributed by atoms with van der Waals surface area (Å²) < 4.78 is 5.21. The van der Waals surface area contributed by atoms with Crippen LogP contribution in [0.5, 0.6) is 0 Å². The minimum Gasteiger partial charge on any atom is -0.459 e. The van der Waals surface area contributed by atoms with Crippen LogP contribution in [0.1, 0.15) is 21.7 Å². The van der Waals surface area contributed by atoms with Crippen molar-refractivity contribution in [1.82, 2.24) is 0 Å². The lowest BCUT2D eigenvalue weighted by molar-refractivity contribution is 0.0965. The Morgan fingerprint density at radius 1 is 1.32 bits per heavy atom. The third kappa shape index (κ3) is 2.51. The maximum Gasteiger partial charge on any atom is 0.293 e. The van der Waals surface area contributed by atoms with Crippen LogP contribution in [-0.2, 0) is 0 Å². The number of hydrogen-bond donors (Lipinski definition) is 1. The summed E-state index contributed by atoms with van der Waals surface area (Å²) in [5, 5.41) is 0. The number of nitrogens with zero attached hydrogens (tertiary/aromatic N) is 1. The number of hydrogen-bond acceptors (Lipinski definition) is 3.